The number of fused-ring (bicyclic) bond motifs is 1. The van der Waals surface area contributed by atoms with Crippen LogP contribution in [0.3, 0.4) is 0 Å². The molecule has 0 atom stereocenters. The summed E-state index contributed by atoms with van der Waals surface area (Å²) in [6, 6.07) is 4.07. The third-order valence-corrected chi connectivity index (χ3v) is 6.00. The van der Waals surface area contributed by atoms with Gasteiger partial charge in [0.05, 0.1) is 0 Å². The minimum atomic E-state index is 0.388. The summed E-state index contributed by atoms with van der Waals surface area (Å²) in [7, 11) is 0. The highest BCUT2D eigenvalue weighted by Gasteiger charge is 2.27. The van der Waals surface area contributed by atoms with Crippen LogP contribution in [0.2, 0.25) is 0 Å². The van der Waals surface area contributed by atoms with Gasteiger partial charge >= 0.3 is 0 Å². The largest absolute Gasteiger partial charge is 0.355 e. The third kappa shape index (κ3) is 2.62. The van der Waals surface area contributed by atoms with Gasteiger partial charge in [-0.05, 0) is 38.3 Å². The summed E-state index contributed by atoms with van der Waals surface area (Å²) in [5.41, 5.74) is 0.835. The van der Waals surface area contributed by atoms with E-state index < -0.39 is 0 Å². The number of piperidine rings is 1. The predicted molar refractivity (Wildman–Crippen MR) is 96.4 cm³/mol. The second-order valence-electron chi connectivity index (χ2n) is 6.73. The third-order valence-electron chi connectivity index (χ3n) is 5.10. The van der Waals surface area contributed by atoms with Crippen LogP contribution in [0.4, 0.5) is 10.9 Å². The highest BCUT2D eigenvalue weighted by atomic mass is 32.1. The fraction of sp³-hybridized carbons (Fsp3) is 0.562. The summed E-state index contributed by atoms with van der Waals surface area (Å²) in [6.45, 7) is 6.13. The molecule has 0 unspecified atom stereocenters. The van der Waals surface area contributed by atoms with Gasteiger partial charge in [-0.25, -0.2) is 0 Å². The molecule has 5 rings (SSSR count). The van der Waals surface area contributed by atoms with Crippen molar-refractivity contribution in [3.05, 3.63) is 23.0 Å². The van der Waals surface area contributed by atoms with Gasteiger partial charge in [0.25, 0.3) is 0 Å². The first kappa shape index (κ1) is 15.0. The average Bonchev–Trinajstić information content (AvgIpc) is 3.19. The maximum absolute atomic E-state index is 4.80. The van der Waals surface area contributed by atoms with E-state index in [1.807, 2.05) is 23.6 Å². The van der Waals surface area contributed by atoms with Crippen molar-refractivity contribution in [1.82, 2.24) is 30.0 Å². The Morgan fingerprint density at radius 1 is 0.960 bits per heavy atom. The van der Waals surface area contributed by atoms with Crippen molar-refractivity contribution in [2.24, 2.45) is 0 Å². The van der Waals surface area contributed by atoms with Crippen LogP contribution >= 0.6 is 11.3 Å². The summed E-state index contributed by atoms with van der Waals surface area (Å²) in [5.74, 6) is 2.41. The Bertz CT molecular complexity index is 891. The van der Waals surface area contributed by atoms with Crippen LogP contribution in [0.1, 0.15) is 36.0 Å². The number of aryl methyl sites for hydroxylation is 1. The highest BCUT2D eigenvalue weighted by molar-refractivity contribution is 7.15. The minimum absolute atomic E-state index is 0.388. The molecule has 0 spiro atoms. The Balaban J connectivity index is 1.36. The van der Waals surface area contributed by atoms with Crippen molar-refractivity contribution in [3.63, 3.8) is 0 Å². The molecule has 3 aromatic heterocycles. The molecule has 0 aromatic carbocycles. The van der Waals surface area contributed by atoms with Crippen molar-refractivity contribution in [1.29, 1.82) is 0 Å². The zero-order valence-electron chi connectivity index (χ0n) is 14.2. The van der Waals surface area contributed by atoms with E-state index in [1.54, 1.807) is 11.3 Å². The standard InChI is InChI=1S/C16H20N8S/c1-11-17-20-16(25-11)23-9-5-12(6-10-23)15-19-18-13-3-4-14(21-24(13)15)22-7-2-8-22/h3-4,12H,2,5-10H2,1H3. The maximum Gasteiger partial charge on any atom is 0.208 e. The highest BCUT2D eigenvalue weighted by Crippen LogP contribution is 2.31. The molecule has 9 heteroatoms. The summed E-state index contributed by atoms with van der Waals surface area (Å²) < 4.78 is 1.95. The molecule has 0 saturated carbocycles. The van der Waals surface area contributed by atoms with E-state index in [2.05, 4.69) is 30.2 Å². The van der Waals surface area contributed by atoms with E-state index in [1.165, 1.54) is 6.42 Å². The molecular formula is C16H20N8S. The van der Waals surface area contributed by atoms with Gasteiger partial charge in [0.1, 0.15) is 10.8 Å². The Labute approximate surface area is 149 Å². The minimum Gasteiger partial charge on any atom is -0.355 e. The molecule has 2 aliphatic rings. The molecular weight excluding hydrogens is 336 g/mol. The Kier molecular flexibility index (Phi) is 3.54. The molecule has 0 radical (unpaired) electrons. The van der Waals surface area contributed by atoms with E-state index in [4.69, 9.17) is 5.10 Å². The summed E-state index contributed by atoms with van der Waals surface area (Å²) >= 11 is 1.66. The lowest BCUT2D eigenvalue weighted by molar-refractivity contribution is 0.475. The molecule has 25 heavy (non-hydrogen) atoms. The van der Waals surface area contributed by atoms with Gasteiger partial charge in [-0.2, -0.15) is 4.52 Å². The Hall–Kier alpha value is -2.29. The lowest BCUT2D eigenvalue weighted by Crippen LogP contribution is -2.38. The van der Waals surface area contributed by atoms with E-state index in [9.17, 15) is 0 Å². The molecule has 0 N–H and O–H groups in total. The maximum atomic E-state index is 4.80. The SMILES string of the molecule is Cc1nnc(N2CCC(c3nnc4ccc(N5CCC5)nn34)CC2)s1. The molecule has 8 nitrogen and oxygen atoms in total. The van der Waals surface area contributed by atoms with E-state index >= 15 is 0 Å². The number of anilines is 2. The monoisotopic (exact) mass is 356 g/mol. The summed E-state index contributed by atoms with van der Waals surface area (Å²) in [6.07, 6.45) is 3.32. The van der Waals surface area contributed by atoms with E-state index in [-0.39, 0.29) is 0 Å². The second kappa shape index (κ2) is 5.91. The van der Waals surface area contributed by atoms with Gasteiger partial charge in [0.2, 0.25) is 5.13 Å². The first-order valence-electron chi connectivity index (χ1n) is 8.80. The predicted octanol–water partition coefficient (Wildman–Crippen LogP) is 1.88. The number of aromatic nitrogens is 6. The Morgan fingerprint density at radius 3 is 2.48 bits per heavy atom. The normalized spacial score (nSPS) is 18.8. The fourth-order valence-electron chi connectivity index (χ4n) is 3.51. The molecule has 0 aliphatic carbocycles. The van der Waals surface area contributed by atoms with Crippen molar-refractivity contribution < 1.29 is 0 Å². The molecule has 0 bridgehead atoms. The van der Waals surface area contributed by atoms with Gasteiger partial charge in [0, 0.05) is 32.1 Å². The van der Waals surface area contributed by atoms with Crippen molar-refractivity contribution in [2.75, 3.05) is 36.0 Å². The number of hydrogen-bond donors (Lipinski definition) is 0. The van der Waals surface area contributed by atoms with Crippen LogP contribution in [0.25, 0.3) is 5.65 Å². The van der Waals surface area contributed by atoms with E-state index in [0.717, 1.165) is 66.4 Å². The molecule has 130 valence electrons. The van der Waals surface area contributed by atoms with Crippen LogP contribution in [0, 0.1) is 6.92 Å². The second-order valence-corrected chi connectivity index (χ2v) is 7.89. The lowest BCUT2D eigenvalue weighted by Gasteiger charge is -2.32. The summed E-state index contributed by atoms with van der Waals surface area (Å²) in [4.78, 5) is 4.62. The number of rotatable bonds is 3. The molecule has 5 heterocycles. The smallest absolute Gasteiger partial charge is 0.208 e. The molecule has 0 amide bonds. The van der Waals surface area contributed by atoms with E-state index in [0.29, 0.717) is 5.92 Å². The zero-order valence-corrected chi connectivity index (χ0v) is 15.0. The van der Waals surface area contributed by atoms with Crippen LogP contribution < -0.4 is 9.80 Å². The van der Waals surface area contributed by atoms with Crippen molar-refractivity contribution in [2.45, 2.75) is 32.1 Å². The topological polar surface area (TPSA) is 75.3 Å². The Morgan fingerprint density at radius 2 is 1.80 bits per heavy atom. The fourth-order valence-corrected chi connectivity index (χ4v) is 4.25. The van der Waals surface area contributed by atoms with Gasteiger partial charge in [-0.15, -0.1) is 25.5 Å². The van der Waals surface area contributed by atoms with Gasteiger partial charge in [-0.1, -0.05) is 11.3 Å². The number of nitrogens with zero attached hydrogens (tertiary/aromatic N) is 8. The average molecular weight is 356 g/mol. The van der Waals surface area contributed by atoms with Crippen LogP contribution in [-0.4, -0.2) is 56.2 Å². The van der Waals surface area contributed by atoms with Gasteiger partial charge < -0.3 is 9.80 Å². The van der Waals surface area contributed by atoms with Crippen molar-refractivity contribution >= 4 is 27.9 Å². The van der Waals surface area contributed by atoms with Crippen molar-refractivity contribution in [3.8, 4) is 0 Å². The van der Waals surface area contributed by atoms with Gasteiger partial charge in [0.15, 0.2) is 11.5 Å². The molecule has 2 saturated heterocycles. The first-order chi connectivity index (χ1) is 12.3. The zero-order chi connectivity index (χ0) is 16.8. The van der Waals surface area contributed by atoms with Gasteiger partial charge in [-0.3, -0.25) is 0 Å². The van der Waals surface area contributed by atoms with Crippen LogP contribution in [-0.2, 0) is 0 Å². The molecule has 2 aliphatic heterocycles. The summed E-state index contributed by atoms with van der Waals surface area (Å²) in [5, 5.41) is 24.0. The number of hydrogen-bond acceptors (Lipinski definition) is 8. The molecule has 2 fully saturated rings. The molecule has 3 aromatic rings. The van der Waals surface area contributed by atoms with Crippen LogP contribution in [0.15, 0.2) is 12.1 Å². The van der Waals surface area contributed by atoms with Crippen LogP contribution in [0.5, 0.6) is 0 Å². The quantitative estimate of drug-likeness (QED) is 0.709. The lowest BCUT2D eigenvalue weighted by atomic mass is 9.96. The first-order valence-corrected chi connectivity index (χ1v) is 9.62.